The number of carboxylic acid groups (broad SMARTS) is 1. The van der Waals surface area contributed by atoms with Crippen molar-refractivity contribution in [3.05, 3.63) is 24.5 Å². The molecule has 0 aliphatic heterocycles. The van der Waals surface area contributed by atoms with Gasteiger partial charge < -0.3 is 9.84 Å². The largest absolute Gasteiger partial charge is 0.481 e. The van der Waals surface area contributed by atoms with Gasteiger partial charge in [0, 0.05) is 0 Å². The maximum absolute atomic E-state index is 10.6. The van der Waals surface area contributed by atoms with Crippen LogP contribution in [0.1, 0.15) is 19.8 Å². The Morgan fingerprint density at radius 3 is 2.62 bits per heavy atom. The van der Waals surface area contributed by atoms with Gasteiger partial charge in [-0.05, 0) is 12.5 Å². The second-order valence-corrected chi connectivity index (χ2v) is 2.23. The Balaban J connectivity index is 3.63. The molecule has 0 fully saturated rings. The predicted molar refractivity (Wildman–Crippen MR) is 46.9 cm³/mol. The van der Waals surface area contributed by atoms with Crippen LogP contribution in [0.5, 0.6) is 0 Å². The van der Waals surface area contributed by atoms with Crippen LogP contribution < -0.4 is 0 Å². The summed E-state index contributed by atoms with van der Waals surface area (Å²) in [5, 5.41) is 8.19. The van der Waals surface area contributed by atoms with Crippen LogP contribution in [0.25, 0.3) is 0 Å². The molecular formula is C9H12O4. The molecule has 0 spiro atoms. The summed E-state index contributed by atoms with van der Waals surface area (Å²) in [7, 11) is 0. The van der Waals surface area contributed by atoms with Gasteiger partial charge in [-0.25, -0.2) is 0 Å². The van der Waals surface area contributed by atoms with Crippen LogP contribution in [-0.4, -0.2) is 17.0 Å². The summed E-state index contributed by atoms with van der Waals surface area (Å²) in [6, 6.07) is 0. The van der Waals surface area contributed by atoms with E-state index in [2.05, 4.69) is 4.74 Å². The third kappa shape index (κ3) is 8.33. The maximum Gasteiger partial charge on any atom is 0.321 e. The quantitative estimate of drug-likeness (QED) is 0.304. The fourth-order valence-corrected chi connectivity index (χ4v) is 0.540. The lowest BCUT2D eigenvalue weighted by Crippen LogP contribution is -2.07. The summed E-state index contributed by atoms with van der Waals surface area (Å²) in [4.78, 5) is 20.6. The second kappa shape index (κ2) is 7.09. The first-order chi connectivity index (χ1) is 6.16. The molecule has 0 aromatic heterocycles. The minimum absolute atomic E-state index is 0.609. The summed E-state index contributed by atoms with van der Waals surface area (Å²) in [6.45, 7) is 1.97. The summed E-state index contributed by atoms with van der Waals surface area (Å²) in [5.74, 6) is -1.96. The van der Waals surface area contributed by atoms with Crippen molar-refractivity contribution in [1.82, 2.24) is 0 Å². The number of hydrogen-bond acceptors (Lipinski definition) is 3. The molecule has 4 heteroatoms. The molecule has 0 aliphatic rings. The fourth-order valence-electron chi connectivity index (χ4n) is 0.540. The highest BCUT2D eigenvalue weighted by atomic mass is 16.5. The van der Waals surface area contributed by atoms with Crippen LogP contribution in [0.4, 0.5) is 0 Å². The smallest absolute Gasteiger partial charge is 0.321 e. The van der Waals surface area contributed by atoms with Crippen LogP contribution in [0.15, 0.2) is 24.5 Å². The van der Waals surface area contributed by atoms with Crippen LogP contribution in [0, 0.1) is 0 Å². The van der Waals surface area contributed by atoms with Gasteiger partial charge in [0.1, 0.15) is 6.42 Å². The lowest BCUT2D eigenvalue weighted by atomic mass is 10.4. The Hall–Kier alpha value is -1.58. The third-order valence-corrected chi connectivity index (χ3v) is 1.06. The average Bonchev–Trinajstić information content (AvgIpc) is 2.02. The summed E-state index contributed by atoms with van der Waals surface area (Å²) in [5.41, 5.74) is 0. The molecule has 4 nitrogen and oxygen atoms in total. The van der Waals surface area contributed by atoms with Gasteiger partial charge in [-0.1, -0.05) is 19.1 Å². The molecule has 0 heterocycles. The first kappa shape index (κ1) is 11.4. The third-order valence-electron chi connectivity index (χ3n) is 1.06. The molecule has 0 aliphatic carbocycles. The monoisotopic (exact) mass is 184 g/mol. The molecule has 0 aromatic rings. The molecule has 1 N–H and O–H groups in total. The molecule has 0 radical (unpaired) electrons. The number of esters is 1. The number of allylic oxidation sites excluding steroid dienone is 3. The first-order valence-electron chi connectivity index (χ1n) is 3.89. The van der Waals surface area contributed by atoms with Gasteiger partial charge in [0.15, 0.2) is 0 Å². The number of carbonyl (C=O) groups is 2. The molecule has 72 valence electrons. The minimum Gasteiger partial charge on any atom is -0.481 e. The van der Waals surface area contributed by atoms with Gasteiger partial charge in [-0.3, -0.25) is 9.59 Å². The van der Waals surface area contributed by atoms with Crippen LogP contribution in [-0.2, 0) is 14.3 Å². The van der Waals surface area contributed by atoms with Crippen molar-refractivity contribution in [2.45, 2.75) is 19.8 Å². The van der Waals surface area contributed by atoms with Crippen LogP contribution in [0.3, 0.4) is 0 Å². The number of aliphatic carboxylic acids is 1. The van der Waals surface area contributed by atoms with Gasteiger partial charge in [-0.15, -0.1) is 0 Å². The van der Waals surface area contributed by atoms with Crippen LogP contribution in [0.2, 0.25) is 0 Å². The zero-order valence-corrected chi connectivity index (χ0v) is 7.40. The Bertz CT molecular complexity index is 228. The highest BCUT2D eigenvalue weighted by Gasteiger charge is 2.06. The van der Waals surface area contributed by atoms with Gasteiger partial charge in [-0.2, -0.15) is 0 Å². The lowest BCUT2D eigenvalue weighted by molar-refractivity contribution is -0.147. The molecule has 0 bridgehead atoms. The molecule has 0 unspecified atom stereocenters. The highest BCUT2D eigenvalue weighted by molar-refractivity contribution is 5.90. The number of carbonyl (C=O) groups excluding carboxylic acids is 1. The maximum atomic E-state index is 10.6. The average molecular weight is 184 g/mol. The summed E-state index contributed by atoms with van der Waals surface area (Å²) < 4.78 is 4.45. The molecule has 0 aromatic carbocycles. The van der Waals surface area contributed by atoms with Gasteiger partial charge >= 0.3 is 11.9 Å². The first-order valence-corrected chi connectivity index (χ1v) is 3.89. The Labute approximate surface area is 76.5 Å². The second-order valence-electron chi connectivity index (χ2n) is 2.23. The summed E-state index contributed by atoms with van der Waals surface area (Å²) in [6.07, 6.45) is 6.57. The van der Waals surface area contributed by atoms with Crippen molar-refractivity contribution in [1.29, 1.82) is 0 Å². The zero-order valence-electron chi connectivity index (χ0n) is 7.40. The highest BCUT2D eigenvalue weighted by Crippen LogP contribution is 1.88. The topological polar surface area (TPSA) is 63.6 Å². The van der Waals surface area contributed by atoms with Crippen molar-refractivity contribution in [3.8, 4) is 0 Å². The normalized spacial score (nSPS) is 10.8. The molecule has 0 rings (SSSR count). The van der Waals surface area contributed by atoms with Gasteiger partial charge in [0.05, 0.1) is 6.26 Å². The number of carboxylic acids is 1. The zero-order chi connectivity index (χ0) is 10.1. The van der Waals surface area contributed by atoms with Crippen molar-refractivity contribution >= 4 is 11.9 Å². The number of hydrogen-bond donors (Lipinski definition) is 1. The van der Waals surface area contributed by atoms with E-state index in [4.69, 9.17) is 5.11 Å². The molecule has 0 saturated carbocycles. The molecule has 0 saturated heterocycles. The van der Waals surface area contributed by atoms with Gasteiger partial charge in [0.2, 0.25) is 0 Å². The van der Waals surface area contributed by atoms with E-state index in [0.717, 1.165) is 12.7 Å². The molecule has 0 amide bonds. The van der Waals surface area contributed by atoms with E-state index in [-0.39, 0.29) is 0 Å². The van der Waals surface area contributed by atoms with Crippen molar-refractivity contribution in [2.24, 2.45) is 0 Å². The van der Waals surface area contributed by atoms with Crippen molar-refractivity contribution in [2.75, 3.05) is 0 Å². The van der Waals surface area contributed by atoms with Crippen LogP contribution >= 0.6 is 0 Å². The molecule has 0 atom stereocenters. The summed E-state index contributed by atoms with van der Waals surface area (Å²) >= 11 is 0. The molecule has 13 heavy (non-hydrogen) atoms. The lowest BCUT2D eigenvalue weighted by Gasteiger charge is -1.92. The van der Waals surface area contributed by atoms with E-state index < -0.39 is 18.4 Å². The van der Waals surface area contributed by atoms with Gasteiger partial charge in [0.25, 0.3) is 0 Å². The van der Waals surface area contributed by atoms with E-state index in [1.54, 1.807) is 6.08 Å². The minimum atomic E-state index is -1.19. The molecular weight excluding hydrogens is 172 g/mol. The van der Waals surface area contributed by atoms with E-state index in [1.165, 1.54) is 6.08 Å². The predicted octanol–water partition coefficient (Wildman–Crippen LogP) is 1.48. The number of ether oxygens (including phenoxy) is 1. The van der Waals surface area contributed by atoms with Crippen molar-refractivity contribution in [3.63, 3.8) is 0 Å². The van der Waals surface area contributed by atoms with E-state index in [9.17, 15) is 9.59 Å². The Kier molecular flexibility index (Phi) is 6.23. The fraction of sp³-hybridized carbons (Fsp3) is 0.333. The Morgan fingerprint density at radius 2 is 2.08 bits per heavy atom. The standard InChI is InChI=1S/C9H12O4/c1-2-3-4-5-6-13-9(12)7-8(10)11/h3-6H,2,7H2,1H3,(H,10,11)/b4-3+,6-5+. The van der Waals surface area contributed by atoms with Crippen molar-refractivity contribution < 1.29 is 19.4 Å². The Morgan fingerprint density at radius 1 is 1.38 bits per heavy atom. The van der Waals surface area contributed by atoms with E-state index in [1.807, 2.05) is 13.0 Å². The number of rotatable bonds is 5. The van der Waals surface area contributed by atoms with E-state index in [0.29, 0.717) is 0 Å². The SMILES string of the molecule is CC/C=C/C=C/OC(=O)CC(=O)O. The van der Waals surface area contributed by atoms with E-state index >= 15 is 0 Å².